The van der Waals surface area contributed by atoms with Crippen molar-refractivity contribution >= 4 is 34.4 Å². The van der Waals surface area contributed by atoms with E-state index in [1.807, 2.05) is 17.5 Å². The quantitative estimate of drug-likeness (QED) is 0.593. The van der Waals surface area contributed by atoms with Crippen molar-refractivity contribution in [3.8, 4) is 10.4 Å². The monoisotopic (exact) mass is 473 g/mol. The number of anilines is 3. The first-order valence-corrected chi connectivity index (χ1v) is 13.2. The molecule has 2 aromatic heterocycles. The summed E-state index contributed by atoms with van der Waals surface area (Å²) in [5, 5.41) is 5.28. The van der Waals surface area contributed by atoms with Crippen molar-refractivity contribution in [2.24, 2.45) is 0 Å². The van der Waals surface area contributed by atoms with E-state index in [0.29, 0.717) is 0 Å². The number of aromatic nitrogens is 1. The first-order valence-electron chi connectivity index (χ1n) is 12.3. The Morgan fingerprint density at radius 1 is 1.06 bits per heavy atom. The molecule has 1 atom stereocenters. The number of thiophene rings is 1. The van der Waals surface area contributed by atoms with Gasteiger partial charge in [-0.1, -0.05) is 12.1 Å². The molecule has 2 fully saturated rings. The molecule has 6 nitrogen and oxygen atoms in total. The zero-order valence-electron chi connectivity index (χ0n) is 19.7. The van der Waals surface area contributed by atoms with E-state index in [9.17, 15) is 4.79 Å². The fourth-order valence-corrected chi connectivity index (χ4v) is 6.43. The summed E-state index contributed by atoms with van der Waals surface area (Å²) in [6, 6.07) is 13.3. The third-order valence-corrected chi connectivity index (χ3v) is 8.46. The van der Waals surface area contributed by atoms with Crippen LogP contribution in [0.2, 0.25) is 0 Å². The third-order valence-electron chi connectivity index (χ3n) is 7.39. The van der Waals surface area contributed by atoms with Crippen LogP contribution in [0.4, 0.5) is 17.2 Å². The summed E-state index contributed by atoms with van der Waals surface area (Å²) < 4.78 is 0. The number of hydrogen-bond acceptors (Lipinski definition) is 6. The van der Waals surface area contributed by atoms with Gasteiger partial charge in [0.25, 0.3) is 0 Å². The van der Waals surface area contributed by atoms with Gasteiger partial charge in [-0.05, 0) is 72.5 Å². The molecule has 0 aliphatic carbocycles. The Bertz CT molecular complexity index is 1180. The van der Waals surface area contributed by atoms with Gasteiger partial charge in [0, 0.05) is 56.0 Å². The van der Waals surface area contributed by atoms with E-state index in [0.717, 1.165) is 70.0 Å². The molecule has 3 aliphatic heterocycles. The van der Waals surface area contributed by atoms with Crippen molar-refractivity contribution in [2.75, 3.05) is 47.8 Å². The number of carbonyl (C=O) groups excluding carboxylic acids is 1. The van der Waals surface area contributed by atoms with E-state index in [-0.39, 0.29) is 11.9 Å². The van der Waals surface area contributed by atoms with E-state index < -0.39 is 0 Å². The van der Waals surface area contributed by atoms with Gasteiger partial charge in [-0.3, -0.25) is 9.69 Å². The number of rotatable bonds is 4. The number of hydrogen-bond donors (Lipinski definition) is 1. The first-order chi connectivity index (χ1) is 16.7. The van der Waals surface area contributed by atoms with Crippen molar-refractivity contribution in [1.29, 1.82) is 0 Å². The highest BCUT2D eigenvalue weighted by Crippen LogP contribution is 2.35. The Labute approximate surface area is 205 Å². The van der Waals surface area contributed by atoms with Crippen LogP contribution >= 0.6 is 11.3 Å². The van der Waals surface area contributed by atoms with E-state index in [4.69, 9.17) is 4.98 Å². The summed E-state index contributed by atoms with van der Waals surface area (Å²) in [6.45, 7) is 8.03. The molecule has 1 N–H and O–H groups in total. The number of benzene rings is 1. The molecule has 3 aromatic rings. The van der Waals surface area contributed by atoms with Crippen molar-refractivity contribution in [3.63, 3.8) is 0 Å². The van der Waals surface area contributed by atoms with E-state index in [1.165, 1.54) is 27.3 Å². The smallest absolute Gasteiger partial charge is 0.247 e. The maximum Gasteiger partial charge on any atom is 0.247 e. The summed E-state index contributed by atoms with van der Waals surface area (Å²) in [4.78, 5) is 25.9. The molecule has 3 aliphatic rings. The van der Waals surface area contributed by atoms with Gasteiger partial charge in [0.05, 0.1) is 5.69 Å². The van der Waals surface area contributed by atoms with Gasteiger partial charge in [0.1, 0.15) is 6.04 Å². The minimum atomic E-state index is -0.0453. The predicted octanol–water partition coefficient (Wildman–Crippen LogP) is 4.75. The van der Waals surface area contributed by atoms with Crippen molar-refractivity contribution < 1.29 is 4.79 Å². The largest absolute Gasteiger partial charge is 0.369 e. The summed E-state index contributed by atoms with van der Waals surface area (Å²) >= 11 is 1.81. The van der Waals surface area contributed by atoms with Crippen LogP contribution < -0.4 is 15.1 Å². The number of nitrogens with zero attached hydrogens (tertiary/aromatic N) is 4. The average Bonchev–Trinajstić information content (AvgIpc) is 3.30. The molecule has 34 heavy (non-hydrogen) atoms. The van der Waals surface area contributed by atoms with Crippen molar-refractivity contribution in [1.82, 2.24) is 9.88 Å². The first kappa shape index (κ1) is 21.6. The van der Waals surface area contributed by atoms with Gasteiger partial charge in [-0.2, -0.15) is 0 Å². The molecule has 7 heteroatoms. The van der Waals surface area contributed by atoms with Crippen molar-refractivity contribution in [3.05, 3.63) is 59.1 Å². The summed E-state index contributed by atoms with van der Waals surface area (Å²) in [5.41, 5.74) is 5.99. The van der Waals surface area contributed by atoms with Crippen molar-refractivity contribution in [2.45, 2.75) is 38.8 Å². The van der Waals surface area contributed by atoms with Gasteiger partial charge in [0.2, 0.25) is 5.91 Å². The van der Waals surface area contributed by atoms with Crippen LogP contribution in [0.25, 0.3) is 10.4 Å². The SMILES string of the molecule is Cc1ccsc1-c1ccc(N2CCN(Cc3cnc4c(c3)NC(=O)C3CCCCN43)CC2)cc1. The number of pyridine rings is 1. The van der Waals surface area contributed by atoms with Gasteiger partial charge in [0.15, 0.2) is 5.82 Å². The maximum atomic E-state index is 12.6. The Morgan fingerprint density at radius 2 is 1.88 bits per heavy atom. The maximum absolute atomic E-state index is 12.6. The van der Waals surface area contributed by atoms with Crippen LogP contribution in [0.5, 0.6) is 0 Å². The molecule has 0 bridgehead atoms. The normalized spacial score (nSPS) is 20.6. The molecule has 6 rings (SSSR count). The van der Waals surface area contributed by atoms with E-state index in [2.05, 4.69) is 68.7 Å². The lowest BCUT2D eigenvalue weighted by Gasteiger charge is -2.40. The lowest BCUT2D eigenvalue weighted by molar-refractivity contribution is -0.118. The zero-order chi connectivity index (χ0) is 23.1. The fraction of sp³-hybridized carbons (Fsp3) is 0.407. The topological polar surface area (TPSA) is 51.7 Å². The van der Waals surface area contributed by atoms with Crippen LogP contribution in [0.3, 0.4) is 0 Å². The Hall–Kier alpha value is -2.90. The highest BCUT2D eigenvalue weighted by Gasteiger charge is 2.35. The molecule has 0 spiro atoms. The van der Waals surface area contributed by atoms with E-state index >= 15 is 0 Å². The highest BCUT2D eigenvalue weighted by atomic mass is 32.1. The molecule has 176 valence electrons. The standard InChI is InChI=1S/C27H31N5OS/c1-19-9-15-34-25(19)21-5-7-22(8-6-21)31-13-11-30(12-14-31)18-20-16-23-26(28-17-20)32-10-3-2-4-24(32)27(33)29-23/h5-9,15-17,24H,2-4,10-14,18H2,1H3,(H,29,33). The second-order valence-corrected chi connectivity index (χ2v) is 10.6. The second-order valence-electron chi connectivity index (χ2n) is 9.65. The minimum absolute atomic E-state index is 0.0453. The van der Waals surface area contributed by atoms with Gasteiger partial charge in [-0.25, -0.2) is 4.98 Å². The number of nitrogens with one attached hydrogen (secondary N) is 1. The number of fused-ring (bicyclic) bond motifs is 3. The molecule has 0 saturated carbocycles. The lowest BCUT2D eigenvalue weighted by Crippen LogP contribution is -2.51. The minimum Gasteiger partial charge on any atom is -0.369 e. The Balaban J connectivity index is 1.08. The molecule has 0 radical (unpaired) electrons. The Kier molecular flexibility index (Phi) is 5.75. The molecule has 2 saturated heterocycles. The molecular weight excluding hydrogens is 442 g/mol. The average molecular weight is 474 g/mol. The zero-order valence-corrected chi connectivity index (χ0v) is 20.5. The predicted molar refractivity (Wildman–Crippen MR) is 140 cm³/mol. The van der Waals surface area contributed by atoms with Crippen LogP contribution in [0.15, 0.2) is 48.0 Å². The fourth-order valence-electron chi connectivity index (χ4n) is 5.50. The van der Waals surface area contributed by atoms with Gasteiger partial charge >= 0.3 is 0 Å². The molecular formula is C27H31N5OS. The third kappa shape index (κ3) is 4.07. The summed E-state index contributed by atoms with van der Waals surface area (Å²) in [7, 11) is 0. The van der Waals surface area contributed by atoms with Crippen LogP contribution in [-0.4, -0.2) is 54.6 Å². The summed E-state index contributed by atoms with van der Waals surface area (Å²) in [5.74, 6) is 1.07. The number of amides is 1. The number of aryl methyl sites for hydroxylation is 1. The van der Waals surface area contributed by atoms with Gasteiger partial charge in [-0.15, -0.1) is 11.3 Å². The Morgan fingerprint density at radius 3 is 2.65 bits per heavy atom. The molecule has 1 amide bonds. The second kappa shape index (κ2) is 9.04. The molecule has 1 unspecified atom stereocenters. The van der Waals surface area contributed by atoms with Crippen LogP contribution in [-0.2, 0) is 11.3 Å². The highest BCUT2D eigenvalue weighted by molar-refractivity contribution is 7.13. The lowest BCUT2D eigenvalue weighted by atomic mass is 9.99. The number of piperidine rings is 1. The van der Waals surface area contributed by atoms with E-state index in [1.54, 1.807) is 0 Å². The molecule has 5 heterocycles. The van der Waals surface area contributed by atoms with Gasteiger partial charge < -0.3 is 15.1 Å². The van der Waals surface area contributed by atoms with Crippen LogP contribution in [0.1, 0.15) is 30.4 Å². The summed E-state index contributed by atoms with van der Waals surface area (Å²) in [6.07, 6.45) is 5.18. The number of carbonyl (C=O) groups is 1. The van der Waals surface area contributed by atoms with Crippen LogP contribution in [0, 0.1) is 6.92 Å². The number of piperazine rings is 1. The molecule has 1 aromatic carbocycles.